The molecule has 0 aliphatic heterocycles. The van der Waals surface area contributed by atoms with Gasteiger partial charge in [-0.1, -0.05) is 74.3 Å². The van der Waals surface area contributed by atoms with Crippen LogP contribution in [0.3, 0.4) is 0 Å². The first-order valence-corrected chi connectivity index (χ1v) is 6.73. The fourth-order valence-electron chi connectivity index (χ4n) is 1.88. The highest BCUT2D eigenvalue weighted by atomic mass is 79.9. The normalized spacial score (nSPS) is 11.5. The molecule has 0 aromatic heterocycles. The Kier molecular flexibility index (Phi) is 4.79. The second-order valence-corrected chi connectivity index (χ2v) is 5.78. The summed E-state index contributed by atoms with van der Waals surface area (Å²) in [6.07, 6.45) is 5.69. The molecule has 0 bridgehead atoms. The van der Waals surface area contributed by atoms with Crippen LogP contribution >= 0.6 is 15.9 Å². The van der Waals surface area contributed by atoms with Gasteiger partial charge in [0.2, 0.25) is 0 Å². The molecule has 1 rings (SSSR count). The van der Waals surface area contributed by atoms with E-state index in [-0.39, 0.29) is 5.41 Å². The third-order valence-corrected chi connectivity index (χ3v) is 3.87. The first kappa shape index (κ1) is 13.5. The van der Waals surface area contributed by atoms with Gasteiger partial charge in [-0.3, -0.25) is 0 Å². The molecule has 0 spiro atoms. The third kappa shape index (κ3) is 3.21. The minimum absolute atomic E-state index is 0.258. The van der Waals surface area contributed by atoms with Gasteiger partial charge in [0.15, 0.2) is 0 Å². The maximum absolute atomic E-state index is 3.85. The Hall–Kier alpha value is -0.560. The predicted octanol–water partition coefficient (Wildman–Crippen LogP) is 5.56. The van der Waals surface area contributed by atoms with Gasteiger partial charge in [-0.15, -0.1) is 0 Å². The lowest BCUT2D eigenvalue weighted by Crippen LogP contribution is -2.17. The summed E-state index contributed by atoms with van der Waals surface area (Å²) in [6, 6.07) is 6.58. The molecule has 0 saturated heterocycles. The van der Waals surface area contributed by atoms with Gasteiger partial charge in [-0.05, 0) is 29.0 Å². The van der Waals surface area contributed by atoms with Crippen LogP contribution in [0.2, 0.25) is 0 Å². The number of halogens is 1. The lowest BCUT2D eigenvalue weighted by Gasteiger charge is -2.25. The number of unbranched alkanes of at least 4 members (excludes halogenated alkanes) is 1. The van der Waals surface area contributed by atoms with Crippen LogP contribution < -0.4 is 0 Å². The van der Waals surface area contributed by atoms with Gasteiger partial charge >= 0.3 is 0 Å². The Morgan fingerprint density at radius 1 is 1.38 bits per heavy atom. The second-order valence-electron chi connectivity index (χ2n) is 4.93. The molecule has 0 saturated carbocycles. The molecule has 0 nitrogen and oxygen atoms in total. The molecule has 0 amide bonds. The summed E-state index contributed by atoms with van der Waals surface area (Å²) in [5, 5.41) is 0. The van der Waals surface area contributed by atoms with E-state index in [1.165, 1.54) is 30.4 Å². The Bertz CT molecular complexity index is 364. The molecule has 0 unspecified atom stereocenters. The van der Waals surface area contributed by atoms with Crippen molar-refractivity contribution in [3.63, 3.8) is 0 Å². The molecular weight excluding hydrogens is 260 g/mol. The molecule has 0 heterocycles. The predicted molar refractivity (Wildman–Crippen MR) is 76.8 cm³/mol. The second kappa shape index (κ2) is 5.67. The molecule has 16 heavy (non-hydrogen) atoms. The molecule has 0 radical (unpaired) electrons. The van der Waals surface area contributed by atoms with E-state index in [0.717, 1.165) is 4.47 Å². The molecule has 88 valence electrons. The van der Waals surface area contributed by atoms with Crippen molar-refractivity contribution >= 4 is 22.0 Å². The molecule has 1 heteroatoms. The molecular formula is C15H21Br. The molecule has 1 aromatic carbocycles. The van der Waals surface area contributed by atoms with Crippen molar-refractivity contribution in [3.8, 4) is 0 Å². The average molecular weight is 281 g/mol. The molecule has 0 aliphatic carbocycles. The van der Waals surface area contributed by atoms with Crippen LogP contribution in [0.1, 0.15) is 51.2 Å². The zero-order valence-electron chi connectivity index (χ0n) is 10.5. The van der Waals surface area contributed by atoms with Gasteiger partial charge < -0.3 is 0 Å². The van der Waals surface area contributed by atoms with Crippen LogP contribution in [-0.2, 0) is 5.41 Å². The fourth-order valence-corrected chi connectivity index (χ4v) is 2.29. The summed E-state index contributed by atoms with van der Waals surface area (Å²) < 4.78 is 1.12. The maximum Gasteiger partial charge on any atom is 0.0247 e. The van der Waals surface area contributed by atoms with Crippen LogP contribution in [0, 0.1) is 0 Å². The van der Waals surface area contributed by atoms with Crippen LogP contribution in [0.5, 0.6) is 0 Å². The minimum atomic E-state index is 0.258. The van der Waals surface area contributed by atoms with E-state index in [1.54, 1.807) is 0 Å². The number of benzene rings is 1. The summed E-state index contributed by atoms with van der Waals surface area (Å²) in [5.41, 5.74) is 2.84. The summed E-state index contributed by atoms with van der Waals surface area (Å²) in [4.78, 5) is 0. The highest BCUT2D eigenvalue weighted by Gasteiger charge is 2.20. The van der Waals surface area contributed by atoms with Gasteiger partial charge in [0.1, 0.15) is 0 Å². The van der Waals surface area contributed by atoms with E-state index >= 15 is 0 Å². The Balaban J connectivity index is 2.98. The fraction of sp³-hybridized carbons (Fsp3) is 0.467. The topological polar surface area (TPSA) is 0 Å². The zero-order chi connectivity index (χ0) is 12.2. The highest BCUT2D eigenvalue weighted by Crippen LogP contribution is 2.31. The number of rotatable bonds is 5. The summed E-state index contributed by atoms with van der Waals surface area (Å²) in [6.45, 7) is 10.7. The lowest BCUT2D eigenvalue weighted by atomic mass is 9.80. The van der Waals surface area contributed by atoms with E-state index in [0.29, 0.717) is 0 Å². The summed E-state index contributed by atoms with van der Waals surface area (Å²) >= 11 is 3.54. The van der Waals surface area contributed by atoms with Crippen molar-refractivity contribution in [1.82, 2.24) is 0 Å². The minimum Gasteiger partial charge on any atom is -0.0984 e. The summed E-state index contributed by atoms with van der Waals surface area (Å²) in [5.74, 6) is 0. The van der Waals surface area contributed by atoms with Crippen molar-refractivity contribution in [1.29, 1.82) is 0 Å². The van der Waals surface area contributed by atoms with E-state index in [1.807, 2.05) is 6.08 Å². The van der Waals surface area contributed by atoms with E-state index in [9.17, 15) is 0 Å². The smallest absolute Gasteiger partial charge is 0.0247 e. The Morgan fingerprint density at radius 2 is 2.06 bits per heavy atom. The van der Waals surface area contributed by atoms with Gasteiger partial charge in [0.25, 0.3) is 0 Å². The van der Waals surface area contributed by atoms with Gasteiger partial charge in [-0.25, -0.2) is 0 Å². The van der Waals surface area contributed by atoms with Crippen molar-refractivity contribution in [2.45, 2.75) is 45.4 Å². The highest BCUT2D eigenvalue weighted by molar-refractivity contribution is 9.10. The molecule has 0 atom stereocenters. The molecule has 0 N–H and O–H groups in total. The monoisotopic (exact) mass is 280 g/mol. The Morgan fingerprint density at radius 3 is 2.62 bits per heavy atom. The molecule has 1 aromatic rings. The van der Waals surface area contributed by atoms with Crippen LogP contribution in [0.25, 0.3) is 6.08 Å². The van der Waals surface area contributed by atoms with E-state index in [2.05, 4.69) is 61.5 Å². The van der Waals surface area contributed by atoms with Crippen molar-refractivity contribution in [2.75, 3.05) is 0 Å². The standard InChI is InChI=1S/C15H21Br/c1-5-7-10-15(3,4)13-8-9-14(16)12(6-2)11-13/h6,8-9,11H,2,5,7,10H2,1,3-4H3. The van der Waals surface area contributed by atoms with Gasteiger partial charge in [-0.2, -0.15) is 0 Å². The number of hydrogen-bond acceptors (Lipinski definition) is 0. The van der Waals surface area contributed by atoms with Crippen molar-refractivity contribution < 1.29 is 0 Å². The maximum atomic E-state index is 3.85. The first-order chi connectivity index (χ1) is 7.51. The Labute approximate surface area is 108 Å². The largest absolute Gasteiger partial charge is 0.0984 e. The third-order valence-electron chi connectivity index (χ3n) is 3.15. The SMILES string of the molecule is C=Cc1cc(C(C)(C)CCCC)ccc1Br. The number of hydrogen-bond donors (Lipinski definition) is 0. The zero-order valence-corrected chi connectivity index (χ0v) is 12.1. The van der Waals surface area contributed by atoms with Crippen LogP contribution in [-0.4, -0.2) is 0 Å². The van der Waals surface area contributed by atoms with E-state index < -0.39 is 0 Å². The molecule has 0 aliphatic rings. The van der Waals surface area contributed by atoms with Gasteiger partial charge in [0.05, 0.1) is 0 Å². The van der Waals surface area contributed by atoms with Crippen molar-refractivity contribution in [3.05, 3.63) is 40.4 Å². The first-order valence-electron chi connectivity index (χ1n) is 5.93. The van der Waals surface area contributed by atoms with E-state index in [4.69, 9.17) is 0 Å². The van der Waals surface area contributed by atoms with Crippen LogP contribution in [0.15, 0.2) is 29.3 Å². The summed E-state index contributed by atoms with van der Waals surface area (Å²) in [7, 11) is 0. The molecule has 0 fully saturated rings. The van der Waals surface area contributed by atoms with Gasteiger partial charge in [0, 0.05) is 4.47 Å². The quantitative estimate of drug-likeness (QED) is 0.662. The lowest BCUT2D eigenvalue weighted by molar-refractivity contribution is 0.458. The average Bonchev–Trinajstić information content (AvgIpc) is 2.27. The van der Waals surface area contributed by atoms with Crippen LogP contribution in [0.4, 0.5) is 0 Å². The van der Waals surface area contributed by atoms with Crippen molar-refractivity contribution in [2.24, 2.45) is 0 Å².